The minimum Gasteiger partial charge on any atom is -0.347 e. The van der Waals surface area contributed by atoms with Gasteiger partial charge in [-0.15, -0.1) is 0 Å². The summed E-state index contributed by atoms with van der Waals surface area (Å²) in [6.45, 7) is 9.91. The molecule has 2 heterocycles. The summed E-state index contributed by atoms with van der Waals surface area (Å²) in [5.74, 6) is -0.140. The molecule has 0 saturated carbocycles. The molecular formula is C20H23N3O2. The fourth-order valence-corrected chi connectivity index (χ4v) is 2.61. The number of hydrogen-bond acceptors (Lipinski definition) is 4. The van der Waals surface area contributed by atoms with Crippen molar-refractivity contribution < 1.29 is 9.32 Å². The molecular weight excluding hydrogens is 314 g/mol. The van der Waals surface area contributed by atoms with E-state index in [-0.39, 0.29) is 11.4 Å². The number of carbonyl (C=O) groups excluding carboxylic acids is 1. The molecule has 0 aliphatic heterocycles. The molecule has 0 saturated heterocycles. The average molecular weight is 337 g/mol. The van der Waals surface area contributed by atoms with Gasteiger partial charge in [-0.05, 0) is 40.2 Å². The van der Waals surface area contributed by atoms with Gasteiger partial charge in [0.2, 0.25) is 0 Å². The van der Waals surface area contributed by atoms with E-state index in [0.717, 1.165) is 12.0 Å². The van der Waals surface area contributed by atoms with Crippen LogP contribution in [0.4, 0.5) is 0 Å². The Kier molecular flexibility index (Phi) is 4.33. The molecule has 25 heavy (non-hydrogen) atoms. The number of aryl methyl sites for hydroxylation is 2. The second-order valence-corrected chi connectivity index (χ2v) is 7.06. The lowest BCUT2D eigenvalue weighted by molar-refractivity contribution is 0.0913. The number of rotatable bonds is 4. The van der Waals surface area contributed by atoms with Crippen molar-refractivity contribution >= 4 is 17.0 Å². The standard InChI is InChI=1S/C20H23N3O2/c1-6-20(4,5)22-18(24)15-11-16(14-9-7-12(2)8-10-14)21-19-17(15)13(3)23-25-19/h7-11H,6H2,1-5H3,(H,22,24). The van der Waals surface area contributed by atoms with Gasteiger partial charge < -0.3 is 9.84 Å². The molecule has 0 aliphatic carbocycles. The van der Waals surface area contributed by atoms with Gasteiger partial charge >= 0.3 is 0 Å². The summed E-state index contributed by atoms with van der Waals surface area (Å²) in [6.07, 6.45) is 0.834. The second kappa shape index (κ2) is 6.31. The molecule has 2 aromatic heterocycles. The number of benzene rings is 1. The van der Waals surface area contributed by atoms with Gasteiger partial charge in [-0.25, -0.2) is 4.98 Å². The fourth-order valence-electron chi connectivity index (χ4n) is 2.61. The SMILES string of the molecule is CCC(C)(C)NC(=O)c1cc(-c2ccc(C)cc2)nc2onc(C)c12. The Morgan fingerprint density at radius 2 is 1.88 bits per heavy atom. The largest absolute Gasteiger partial charge is 0.347 e. The van der Waals surface area contributed by atoms with E-state index < -0.39 is 0 Å². The Morgan fingerprint density at radius 1 is 1.20 bits per heavy atom. The van der Waals surface area contributed by atoms with Crippen LogP contribution < -0.4 is 5.32 Å². The van der Waals surface area contributed by atoms with Crippen LogP contribution in [-0.4, -0.2) is 21.6 Å². The Bertz CT molecular complexity index is 924. The first-order valence-electron chi connectivity index (χ1n) is 8.47. The molecule has 5 heteroatoms. The maximum absolute atomic E-state index is 12.9. The summed E-state index contributed by atoms with van der Waals surface area (Å²) in [5.41, 5.74) is 4.10. The topological polar surface area (TPSA) is 68.0 Å². The molecule has 1 aromatic carbocycles. The summed E-state index contributed by atoms with van der Waals surface area (Å²) < 4.78 is 5.34. The first-order chi connectivity index (χ1) is 11.8. The minimum atomic E-state index is -0.290. The van der Waals surface area contributed by atoms with Gasteiger partial charge in [0.1, 0.15) is 0 Å². The number of pyridine rings is 1. The molecule has 5 nitrogen and oxygen atoms in total. The molecule has 0 spiro atoms. The maximum atomic E-state index is 12.9. The van der Waals surface area contributed by atoms with E-state index in [0.29, 0.717) is 28.1 Å². The minimum absolute atomic E-state index is 0.140. The summed E-state index contributed by atoms with van der Waals surface area (Å²) in [7, 11) is 0. The Balaban J connectivity index is 2.14. The Labute approximate surface area is 147 Å². The van der Waals surface area contributed by atoms with Gasteiger partial charge in [-0.1, -0.05) is 41.9 Å². The molecule has 0 atom stereocenters. The highest BCUT2D eigenvalue weighted by atomic mass is 16.5. The zero-order chi connectivity index (χ0) is 18.2. The predicted octanol–water partition coefficient (Wildman–Crippen LogP) is 4.43. The zero-order valence-electron chi connectivity index (χ0n) is 15.3. The number of aromatic nitrogens is 2. The molecule has 0 fully saturated rings. The van der Waals surface area contributed by atoms with E-state index in [4.69, 9.17) is 4.52 Å². The zero-order valence-corrected chi connectivity index (χ0v) is 15.3. The van der Waals surface area contributed by atoms with Crippen molar-refractivity contribution in [3.05, 3.63) is 47.2 Å². The van der Waals surface area contributed by atoms with Crippen LogP contribution >= 0.6 is 0 Å². The monoisotopic (exact) mass is 337 g/mol. The summed E-state index contributed by atoms with van der Waals surface area (Å²) in [5, 5.41) is 7.74. The van der Waals surface area contributed by atoms with Crippen LogP contribution in [-0.2, 0) is 0 Å². The first kappa shape index (κ1) is 17.1. The quantitative estimate of drug-likeness (QED) is 0.765. The van der Waals surface area contributed by atoms with Crippen molar-refractivity contribution in [2.24, 2.45) is 0 Å². The summed E-state index contributed by atoms with van der Waals surface area (Å²) in [6, 6.07) is 9.84. The van der Waals surface area contributed by atoms with Crippen LogP contribution in [0.2, 0.25) is 0 Å². The van der Waals surface area contributed by atoms with Crippen LogP contribution in [0.1, 0.15) is 48.8 Å². The van der Waals surface area contributed by atoms with Crippen molar-refractivity contribution in [3.63, 3.8) is 0 Å². The molecule has 0 bridgehead atoms. The second-order valence-electron chi connectivity index (χ2n) is 7.06. The van der Waals surface area contributed by atoms with Crippen molar-refractivity contribution in [1.29, 1.82) is 0 Å². The Morgan fingerprint density at radius 3 is 2.52 bits per heavy atom. The molecule has 3 aromatic rings. The molecule has 0 aliphatic rings. The smallest absolute Gasteiger partial charge is 0.259 e. The van der Waals surface area contributed by atoms with Crippen LogP contribution in [0, 0.1) is 13.8 Å². The van der Waals surface area contributed by atoms with Crippen LogP contribution in [0.5, 0.6) is 0 Å². The highest BCUT2D eigenvalue weighted by Crippen LogP contribution is 2.27. The summed E-state index contributed by atoms with van der Waals surface area (Å²) >= 11 is 0. The van der Waals surface area contributed by atoms with E-state index >= 15 is 0 Å². The Hall–Kier alpha value is -2.69. The van der Waals surface area contributed by atoms with Crippen molar-refractivity contribution in [2.45, 2.75) is 46.6 Å². The van der Waals surface area contributed by atoms with Crippen LogP contribution in [0.3, 0.4) is 0 Å². The molecule has 0 radical (unpaired) electrons. The van der Waals surface area contributed by atoms with E-state index in [1.165, 1.54) is 5.56 Å². The molecule has 1 N–H and O–H groups in total. The van der Waals surface area contributed by atoms with E-state index in [1.807, 2.05) is 65.0 Å². The lowest BCUT2D eigenvalue weighted by Crippen LogP contribution is -2.42. The first-order valence-corrected chi connectivity index (χ1v) is 8.47. The summed E-state index contributed by atoms with van der Waals surface area (Å²) in [4.78, 5) is 17.5. The van der Waals surface area contributed by atoms with Crippen LogP contribution in [0.25, 0.3) is 22.4 Å². The van der Waals surface area contributed by atoms with Crippen LogP contribution in [0.15, 0.2) is 34.9 Å². The highest BCUT2D eigenvalue weighted by Gasteiger charge is 2.24. The molecule has 3 rings (SSSR count). The third-order valence-electron chi connectivity index (χ3n) is 4.54. The van der Waals surface area contributed by atoms with Crippen molar-refractivity contribution in [1.82, 2.24) is 15.5 Å². The maximum Gasteiger partial charge on any atom is 0.259 e. The van der Waals surface area contributed by atoms with Gasteiger partial charge in [0.15, 0.2) is 0 Å². The fraction of sp³-hybridized carbons (Fsp3) is 0.350. The van der Waals surface area contributed by atoms with Crippen molar-refractivity contribution in [3.8, 4) is 11.3 Å². The lowest BCUT2D eigenvalue weighted by Gasteiger charge is -2.24. The van der Waals surface area contributed by atoms with E-state index in [2.05, 4.69) is 15.5 Å². The van der Waals surface area contributed by atoms with Gasteiger partial charge in [-0.3, -0.25) is 4.79 Å². The molecule has 1 amide bonds. The van der Waals surface area contributed by atoms with Gasteiger partial charge in [0.25, 0.3) is 11.6 Å². The average Bonchev–Trinajstić information content (AvgIpc) is 2.95. The molecule has 130 valence electrons. The number of carbonyl (C=O) groups is 1. The van der Waals surface area contributed by atoms with E-state index in [9.17, 15) is 4.79 Å². The van der Waals surface area contributed by atoms with Crippen molar-refractivity contribution in [2.75, 3.05) is 0 Å². The third-order valence-corrected chi connectivity index (χ3v) is 4.54. The number of fused-ring (bicyclic) bond motifs is 1. The van der Waals surface area contributed by atoms with E-state index in [1.54, 1.807) is 0 Å². The predicted molar refractivity (Wildman–Crippen MR) is 98.6 cm³/mol. The third kappa shape index (κ3) is 3.40. The lowest BCUT2D eigenvalue weighted by atomic mass is 9.99. The number of nitrogens with one attached hydrogen (secondary N) is 1. The highest BCUT2D eigenvalue weighted by molar-refractivity contribution is 6.07. The molecule has 0 unspecified atom stereocenters. The van der Waals surface area contributed by atoms with Gasteiger partial charge in [0, 0.05) is 11.1 Å². The normalized spacial score (nSPS) is 11.7. The van der Waals surface area contributed by atoms with Gasteiger partial charge in [0.05, 0.1) is 22.3 Å². The number of hydrogen-bond donors (Lipinski definition) is 1. The number of amides is 1. The van der Waals surface area contributed by atoms with Gasteiger partial charge in [-0.2, -0.15) is 0 Å². The number of nitrogens with zero attached hydrogens (tertiary/aromatic N) is 2.